The van der Waals surface area contributed by atoms with E-state index in [1.54, 1.807) is 20.8 Å². The van der Waals surface area contributed by atoms with Gasteiger partial charge in [-0.15, -0.1) is 0 Å². The van der Waals surface area contributed by atoms with Crippen LogP contribution in [0, 0.1) is 5.92 Å². The van der Waals surface area contributed by atoms with Crippen LogP contribution in [0.4, 0.5) is 4.79 Å². The van der Waals surface area contributed by atoms with Crippen LogP contribution < -0.4 is 5.32 Å². The molecule has 0 bridgehead atoms. The molecule has 0 aromatic rings. The quantitative estimate of drug-likeness (QED) is 0.737. The normalized spacial score (nSPS) is 30.6. The largest absolute Gasteiger partial charge is 0.479 e. The fourth-order valence-corrected chi connectivity index (χ4v) is 2.75. The number of carboxylic acids is 1. The molecule has 0 heterocycles. The van der Waals surface area contributed by atoms with Crippen LogP contribution >= 0.6 is 0 Å². The minimum atomic E-state index is -1.35. The van der Waals surface area contributed by atoms with E-state index in [9.17, 15) is 19.8 Å². The summed E-state index contributed by atoms with van der Waals surface area (Å²) in [6.07, 6.45) is 0.278. The number of hydrogen-bond donors (Lipinski definition) is 3. The molecular formula is C14H25NO5. The van der Waals surface area contributed by atoms with Crippen molar-refractivity contribution in [2.75, 3.05) is 0 Å². The lowest BCUT2D eigenvalue weighted by molar-refractivity contribution is -0.151. The first-order valence-electron chi connectivity index (χ1n) is 7.03. The zero-order valence-corrected chi connectivity index (χ0v) is 12.6. The fraction of sp³-hybridized carbons (Fsp3) is 0.857. The van der Waals surface area contributed by atoms with Gasteiger partial charge in [-0.1, -0.05) is 13.3 Å². The molecule has 1 rings (SSSR count). The molecule has 0 saturated heterocycles. The van der Waals surface area contributed by atoms with Crippen molar-refractivity contribution in [1.82, 2.24) is 5.32 Å². The number of carbonyl (C=O) groups excluding carboxylic acids is 1. The molecule has 0 aliphatic heterocycles. The van der Waals surface area contributed by atoms with E-state index < -0.39 is 29.3 Å². The summed E-state index contributed by atoms with van der Waals surface area (Å²) < 4.78 is 5.16. The maximum atomic E-state index is 11.9. The predicted molar refractivity (Wildman–Crippen MR) is 73.4 cm³/mol. The number of amides is 1. The Morgan fingerprint density at radius 1 is 1.40 bits per heavy atom. The molecule has 6 heteroatoms. The Balaban J connectivity index is 2.92. The predicted octanol–water partition coefficient (Wildman–Crippen LogP) is 1.91. The summed E-state index contributed by atoms with van der Waals surface area (Å²) in [5, 5.41) is 21.8. The highest BCUT2D eigenvalue weighted by Crippen LogP contribution is 2.36. The van der Waals surface area contributed by atoms with Gasteiger partial charge in [0.15, 0.2) is 0 Å². The highest BCUT2D eigenvalue weighted by atomic mass is 16.6. The maximum absolute atomic E-state index is 11.9. The summed E-state index contributed by atoms with van der Waals surface area (Å²) in [5.41, 5.74) is -2.03. The highest BCUT2D eigenvalue weighted by molar-refractivity contribution is 5.85. The zero-order chi connectivity index (χ0) is 15.6. The van der Waals surface area contributed by atoms with Crippen LogP contribution in [0.5, 0.6) is 0 Å². The van der Waals surface area contributed by atoms with Gasteiger partial charge in [0.25, 0.3) is 0 Å². The smallest absolute Gasteiger partial charge is 0.408 e. The van der Waals surface area contributed by atoms with Crippen molar-refractivity contribution >= 4 is 12.1 Å². The number of aliphatic hydroxyl groups is 1. The van der Waals surface area contributed by atoms with Crippen LogP contribution in [0.15, 0.2) is 0 Å². The standard InChI is InChI=1S/C14H25NO5/c1-5-9-8-10(16)6-7-14(9,11(17)18)15-12(19)20-13(2,3)4/h9-10,16H,5-8H2,1-4H3,(H,15,19)(H,17,18). The average molecular weight is 287 g/mol. The summed E-state index contributed by atoms with van der Waals surface area (Å²) in [5.74, 6) is -1.38. The van der Waals surface area contributed by atoms with E-state index in [2.05, 4.69) is 5.32 Å². The molecule has 3 atom stereocenters. The molecule has 1 aliphatic carbocycles. The van der Waals surface area contributed by atoms with Gasteiger partial charge in [-0.25, -0.2) is 9.59 Å². The summed E-state index contributed by atoms with van der Waals surface area (Å²) in [7, 11) is 0. The van der Waals surface area contributed by atoms with Crippen LogP contribution in [0.1, 0.15) is 53.4 Å². The lowest BCUT2D eigenvalue weighted by Crippen LogP contribution is -2.62. The third kappa shape index (κ3) is 3.85. The van der Waals surface area contributed by atoms with Gasteiger partial charge in [0, 0.05) is 0 Å². The third-order valence-electron chi connectivity index (χ3n) is 3.72. The van der Waals surface area contributed by atoms with Crippen molar-refractivity contribution in [2.45, 2.75) is 70.6 Å². The molecule has 1 fully saturated rings. The lowest BCUT2D eigenvalue weighted by Gasteiger charge is -2.42. The van der Waals surface area contributed by atoms with Crippen molar-refractivity contribution in [1.29, 1.82) is 0 Å². The number of carbonyl (C=O) groups is 2. The first-order valence-corrected chi connectivity index (χ1v) is 7.03. The van der Waals surface area contributed by atoms with Gasteiger partial charge in [-0.05, 0) is 46.0 Å². The van der Waals surface area contributed by atoms with Crippen LogP contribution in [-0.2, 0) is 9.53 Å². The molecule has 1 saturated carbocycles. The van der Waals surface area contributed by atoms with Crippen molar-refractivity contribution < 1.29 is 24.5 Å². The second kappa shape index (κ2) is 5.99. The first-order chi connectivity index (χ1) is 9.10. The van der Waals surface area contributed by atoms with Gasteiger partial charge in [-0.3, -0.25) is 0 Å². The summed E-state index contributed by atoms with van der Waals surface area (Å²) in [6, 6.07) is 0. The molecule has 0 radical (unpaired) electrons. The number of aliphatic carboxylic acids is 1. The minimum absolute atomic E-state index is 0.210. The Morgan fingerprint density at radius 3 is 2.45 bits per heavy atom. The van der Waals surface area contributed by atoms with Crippen molar-refractivity contribution in [3.63, 3.8) is 0 Å². The molecule has 0 aromatic carbocycles. The van der Waals surface area contributed by atoms with Crippen LogP contribution in [0.25, 0.3) is 0 Å². The van der Waals surface area contributed by atoms with Gasteiger partial charge >= 0.3 is 12.1 Å². The Labute approximate surface area is 119 Å². The van der Waals surface area contributed by atoms with E-state index in [1.807, 2.05) is 6.92 Å². The molecule has 116 valence electrons. The molecular weight excluding hydrogens is 262 g/mol. The number of carboxylic acid groups (broad SMARTS) is 1. The van der Waals surface area contributed by atoms with Gasteiger partial charge < -0.3 is 20.3 Å². The van der Waals surface area contributed by atoms with E-state index in [-0.39, 0.29) is 12.3 Å². The summed E-state index contributed by atoms with van der Waals surface area (Å²) >= 11 is 0. The van der Waals surface area contributed by atoms with Gasteiger partial charge in [-0.2, -0.15) is 0 Å². The number of alkyl carbamates (subject to hydrolysis) is 1. The van der Waals surface area contributed by atoms with Crippen LogP contribution in [0.3, 0.4) is 0 Å². The molecule has 1 aliphatic rings. The van der Waals surface area contributed by atoms with Crippen LogP contribution in [0.2, 0.25) is 0 Å². The Bertz CT molecular complexity index is 376. The van der Waals surface area contributed by atoms with E-state index in [0.717, 1.165) is 0 Å². The van der Waals surface area contributed by atoms with E-state index in [1.165, 1.54) is 0 Å². The Kier molecular flexibility index (Phi) is 5.02. The molecule has 0 spiro atoms. The summed E-state index contributed by atoms with van der Waals surface area (Å²) in [4.78, 5) is 23.6. The number of rotatable bonds is 3. The van der Waals surface area contributed by atoms with E-state index in [4.69, 9.17) is 4.74 Å². The Morgan fingerprint density at radius 2 is 2.00 bits per heavy atom. The van der Waals surface area contributed by atoms with Gasteiger partial charge in [0.2, 0.25) is 0 Å². The third-order valence-corrected chi connectivity index (χ3v) is 3.72. The topological polar surface area (TPSA) is 95.9 Å². The number of nitrogens with one attached hydrogen (secondary N) is 1. The number of aliphatic hydroxyl groups excluding tert-OH is 1. The van der Waals surface area contributed by atoms with Crippen molar-refractivity contribution in [3.8, 4) is 0 Å². The fourth-order valence-electron chi connectivity index (χ4n) is 2.75. The van der Waals surface area contributed by atoms with Gasteiger partial charge in [0.1, 0.15) is 11.1 Å². The van der Waals surface area contributed by atoms with E-state index >= 15 is 0 Å². The van der Waals surface area contributed by atoms with E-state index in [0.29, 0.717) is 19.3 Å². The second-order valence-corrected chi connectivity index (χ2v) is 6.44. The molecule has 6 nitrogen and oxygen atoms in total. The molecule has 0 aromatic heterocycles. The van der Waals surface area contributed by atoms with Crippen LogP contribution in [-0.4, -0.2) is 39.5 Å². The second-order valence-electron chi connectivity index (χ2n) is 6.44. The number of ether oxygens (including phenoxy) is 1. The molecule has 3 unspecified atom stereocenters. The lowest BCUT2D eigenvalue weighted by atomic mass is 9.70. The van der Waals surface area contributed by atoms with Gasteiger partial charge in [0.05, 0.1) is 6.10 Å². The minimum Gasteiger partial charge on any atom is -0.479 e. The van der Waals surface area contributed by atoms with Crippen molar-refractivity contribution in [2.24, 2.45) is 5.92 Å². The molecule has 1 amide bonds. The first kappa shape index (κ1) is 16.8. The SMILES string of the molecule is CCC1CC(O)CCC1(NC(=O)OC(C)(C)C)C(=O)O. The maximum Gasteiger partial charge on any atom is 0.408 e. The highest BCUT2D eigenvalue weighted by Gasteiger charge is 2.50. The molecule has 20 heavy (non-hydrogen) atoms. The van der Waals surface area contributed by atoms with Crippen molar-refractivity contribution in [3.05, 3.63) is 0 Å². The number of hydrogen-bond acceptors (Lipinski definition) is 4. The summed E-state index contributed by atoms with van der Waals surface area (Å²) in [6.45, 7) is 7.03. The zero-order valence-electron chi connectivity index (χ0n) is 12.6. The molecule has 3 N–H and O–H groups in total. The average Bonchev–Trinajstić information content (AvgIpc) is 2.28. The Hall–Kier alpha value is -1.30. The monoisotopic (exact) mass is 287 g/mol.